The van der Waals surface area contributed by atoms with Crippen molar-refractivity contribution in [2.45, 2.75) is 18.9 Å². The summed E-state index contributed by atoms with van der Waals surface area (Å²) in [5, 5.41) is 19.2. The van der Waals surface area contributed by atoms with Gasteiger partial charge in [-0.05, 0) is 12.5 Å². The fourth-order valence-electron chi connectivity index (χ4n) is 1.44. The average Bonchev–Trinajstić information content (AvgIpc) is 2.35. The number of aliphatic carboxylic acids is 1. The molecule has 0 heterocycles. The van der Waals surface area contributed by atoms with E-state index in [4.69, 9.17) is 16.6 Å². The van der Waals surface area contributed by atoms with Crippen LogP contribution in [0.3, 0.4) is 0 Å². The summed E-state index contributed by atoms with van der Waals surface area (Å²) >= 11 is 0. The Morgan fingerprint density at radius 1 is 1.40 bits per heavy atom. The van der Waals surface area contributed by atoms with Crippen molar-refractivity contribution in [3.05, 3.63) is 33.9 Å². The number of nitrogens with zero attached hydrogens (tertiary/aromatic N) is 1. The lowest BCUT2D eigenvalue weighted by molar-refractivity contribution is -0.384. The zero-order chi connectivity index (χ0) is 14.6. The summed E-state index contributed by atoms with van der Waals surface area (Å²) in [4.78, 5) is 32.3. The number of carboxylic acids is 1. The van der Waals surface area contributed by atoms with Crippen LogP contribution in [-0.4, -0.2) is 27.8 Å². The molecule has 0 aromatic heterocycles. The van der Waals surface area contributed by atoms with Crippen LogP contribution in [0.4, 0.5) is 11.4 Å². The lowest BCUT2D eigenvalue weighted by Gasteiger charge is -2.07. The van der Waals surface area contributed by atoms with Crippen molar-refractivity contribution >= 4 is 40.1 Å². The molecule has 110 valence electrons. The lowest BCUT2D eigenvalue weighted by atomic mass is 10.0. The first-order valence-electron chi connectivity index (χ1n) is 5.38. The zero-order valence-corrected chi connectivity index (χ0v) is 12.0. The van der Waals surface area contributed by atoms with Crippen molar-refractivity contribution in [1.29, 1.82) is 0 Å². The van der Waals surface area contributed by atoms with Crippen LogP contribution in [0.1, 0.15) is 23.2 Å². The van der Waals surface area contributed by atoms with Gasteiger partial charge >= 0.3 is 5.97 Å². The first-order chi connectivity index (χ1) is 8.82. The predicted molar refractivity (Wildman–Crippen MR) is 77.0 cm³/mol. The number of rotatable bonds is 6. The fourth-order valence-corrected chi connectivity index (χ4v) is 1.44. The Morgan fingerprint density at radius 2 is 2.00 bits per heavy atom. The molecule has 1 aromatic carbocycles. The molecule has 0 aliphatic heterocycles. The van der Waals surface area contributed by atoms with Crippen molar-refractivity contribution in [3.63, 3.8) is 0 Å². The van der Waals surface area contributed by atoms with E-state index in [1.165, 1.54) is 12.1 Å². The Labute approximate surface area is 124 Å². The van der Waals surface area contributed by atoms with Gasteiger partial charge in [0, 0.05) is 29.8 Å². The van der Waals surface area contributed by atoms with Crippen LogP contribution in [0.5, 0.6) is 0 Å². The molecular formula is C11H14BrN3O5. The van der Waals surface area contributed by atoms with Crippen molar-refractivity contribution < 1.29 is 19.6 Å². The molecule has 1 rings (SSSR count). The highest BCUT2D eigenvalue weighted by atomic mass is 79.9. The van der Waals surface area contributed by atoms with Gasteiger partial charge in [0.1, 0.15) is 6.04 Å². The molecule has 0 spiro atoms. The summed E-state index contributed by atoms with van der Waals surface area (Å²) in [5.41, 5.74) is 10.7. The molecule has 8 nitrogen and oxygen atoms in total. The maximum atomic E-state index is 11.8. The molecule has 20 heavy (non-hydrogen) atoms. The Balaban J connectivity index is 0.00000361. The van der Waals surface area contributed by atoms with Crippen LogP contribution in [0, 0.1) is 10.1 Å². The highest BCUT2D eigenvalue weighted by Crippen LogP contribution is 2.21. The second-order valence-corrected chi connectivity index (χ2v) is 3.94. The van der Waals surface area contributed by atoms with Crippen molar-refractivity contribution in [3.8, 4) is 0 Å². The van der Waals surface area contributed by atoms with E-state index in [-0.39, 0.29) is 46.8 Å². The van der Waals surface area contributed by atoms with Crippen molar-refractivity contribution in [2.75, 3.05) is 5.73 Å². The Bertz CT molecular complexity index is 535. The number of nitro groups is 1. The number of carbonyl (C=O) groups is 2. The van der Waals surface area contributed by atoms with E-state index < -0.39 is 22.7 Å². The SMILES string of the molecule is Br.Nc1ccc([N+](=O)[O-])cc1C(=O)CC[C@H](N)C(=O)O. The van der Waals surface area contributed by atoms with E-state index in [1.54, 1.807) is 0 Å². The van der Waals surface area contributed by atoms with Gasteiger partial charge in [0.15, 0.2) is 5.78 Å². The summed E-state index contributed by atoms with van der Waals surface area (Å²) in [6.45, 7) is 0. The highest BCUT2D eigenvalue weighted by Gasteiger charge is 2.18. The molecule has 0 unspecified atom stereocenters. The third-order valence-electron chi connectivity index (χ3n) is 2.55. The van der Waals surface area contributed by atoms with Crippen LogP contribution in [0.25, 0.3) is 0 Å². The van der Waals surface area contributed by atoms with E-state index in [0.717, 1.165) is 6.07 Å². The fraction of sp³-hybridized carbons (Fsp3) is 0.273. The minimum absolute atomic E-state index is 0. The number of hydrogen-bond acceptors (Lipinski definition) is 6. The molecule has 0 aliphatic rings. The van der Waals surface area contributed by atoms with E-state index in [0.29, 0.717) is 0 Å². The van der Waals surface area contributed by atoms with Gasteiger partial charge in [0.25, 0.3) is 5.69 Å². The number of carboxylic acid groups (broad SMARTS) is 1. The van der Waals surface area contributed by atoms with Gasteiger partial charge < -0.3 is 16.6 Å². The van der Waals surface area contributed by atoms with Crippen LogP contribution < -0.4 is 11.5 Å². The monoisotopic (exact) mass is 347 g/mol. The van der Waals surface area contributed by atoms with E-state index in [9.17, 15) is 19.7 Å². The number of benzene rings is 1. The topological polar surface area (TPSA) is 150 Å². The Kier molecular flexibility index (Phi) is 6.80. The molecule has 0 saturated heterocycles. The molecule has 5 N–H and O–H groups in total. The standard InChI is InChI=1S/C11H13N3O5.BrH/c12-8-2-1-6(14(18)19)5-7(8)10(15)4-3-9(13)11(16)17;/h1-2,5,9H,3-4,12-13H2,(H,16,17);1H/t9-;/m0./s1. The minimum Gasteiger partial charge on any atom is -0.480 e. The van der Waals surface area contributed by atoms with Crippen LogP contribution in [-0.2, 0) is 4.79 Å². The van der Waals surface area contributed by atoms with Gasteiger partial charge in [-0.3, -0.25) is 19.7 Å². The molecule has 1 aromatic rings. The van der Waals surface area contributed by atoms with E-state index in [1.807, 2.05) is 0 Å². The number of nitrogen functional groups attached to an aromatic ring is 1. The van der Waals surface area contributed by atoms with Gasteiger partial charge in [-0.1, -0.05) is 0 Å². The predicted octanol–water partition coefficient (Wildman–Crippen LogP) is 1.13. The van der Waals surface area contributed by atoms with Gasteiger partial charge in [0.05, 0.1) is 4.92 Å². The smallest absolute Gasteiger partial charge is 0.320 e. The van der Waals surface area contributed by atoms with Crippen LogP contribution >= 0.6 is 17.0 Å². The normalized spacial score (nSPS) is 11.2. The number of hydrogen-bond donors (Lipinski definition) is 3. The molecule has 0 amide bonds. The number of halogens is 1. The van der Waals surface area contributed by atoms with E-state index in [2.05, 4.69) is 0 Å². The molecular weight excluding hydrogens is 334 g/mol. The second kappa shape index (κ2) is 7.56. The third kappa shape index (κ3) is 4.59. The number of non-ortho nitro benzene ring substituents is 1. The van der Waals surface area contributed by atoms with Crippen LogP contribution in [0.2, 0.25) is 0 Å². The Morgan fingerprint density at radius 3 is 2.50 bits per heavy atom. The van der Waals surface area contributed by atoms with Gasteiger partial charge in [-0.2, -0.15) is 0 Å². The first-order valence-corrected chi connectivity index (χ1v) is 5.38. The maximum absolute atomic E-state index is 11.8. The first kappa shape index (κ1) is 18.0. The summed E-state index contributed by atoms with van der Waals surface area (Å²) in [5.74, 6) is -1.68. The zero-order valence-electron chi connectivity index (χ0n) is 10.3. The average molecular weight is 348 g/mol. The van der Waals surface area contributed by atoms with Gasteiger partial charge in [-0.15, -0.1) is 17.0 Å². The summed E-state index contributed by atoms with van der Waals surface area (Å²) in [6.07, 6.45) is -0.199. The summed E-state index contributed by atoms with van der Waals surface area (Å²) < 4.78 is 0. The summed E-state index contributed by atoms with van der Waals surface area (Å²) in [6, 6.07) is 2.38. The second-order valence-electron chi connectivity index (χ2n) is 3.94. The maximum Gasteiger partial charge on any atom is 0.320 e. The summed E-state index contributed by atoms with van der Waals surface area (Å²) in [7, 11) is 0. The minimum atomic E-state index is -1.21. The quantitative estimate of drug-likeness (QED) is 0.302. The largest absolute Gasteiger partial charge is 0.480 e. The number of Topliss-reactive ketones (excluding diaryl/α,β-unsaturated/α-hetero) is 1. The van der Waals surface area contributed by atoms with Crippen molar-refractivity contribution in [1.82, 2.24) is 0 Å². The van der Waals surface area contributed by atoms with E-state index >= 15 is 0 Å². The number of carbonyl (C=O) groups excluding carboxylic acids is 1. The Hall–Kier alpha value is -2.00. The highest BCUT2D eigenvalue weighted by molar-refractivity contribution is 8.93. The molecule has 0 radical (unpaired) electrons. The lowest BCUT2D eigenvalue weighted by Crippen LogP contribution is -2.30. The molecule has 0 bridgehead atoms. The number of nitro benzene ring substituents is 1. The number of ketones is 1. The molecule has 1 atom stereocenters. The third-order valence-corrected chi connectivity index (χ3v) is 2.55. The van der Waals surface area contributed by atoms with Gasteiger partial charge in [0.2, 0.25) is 0 Å². The van der Waals surface area contributed by atoms with Gasteiger partial charge in [-0.25, -0.2) is 0 Å². The number of anilines is 1. The molecule has 0 fully saturated rings. The molecule has 9 heteroatoms. The van der Waals surface area contributed by atoms with Crippen molar-refractivity contribution in [2.24, 2.45) is 5.73 Å². The molecule has 0 aliphatic carbocycles. The van der Waals surface area contributed by atoms with Crippen LogP contribution in [0.15, 0.2) is 18.2 Å². The molecule has 0 saturated carbocycles. The number of nitrogens with two attached hydrogens (primary N) is 2.